The third-order valence-corrected chi connectivity index (χ3v) is 6.25. The van der Waals surface area contributed by atoms with Gasteiger partial charge in [0.1, 0.15) is 18.1 Å². The number of hydrogen-bond acceptors (Lipinski definition) is 7. The summed E-state index contributed by atoms with van der Waals surface area (Å²) >= 11 is 0. The van der Waals surface area contributed by atoms with Gasteiger partial charge >= 0.3 is 5.97 Å². The summed E-state index contributed by atoms with van der Waals surface area (Å²) in [5, 5.41) is 14.8. The number of aromatic nitrogens is 2. The molecule has 0 bridgehead atoms. The van der Waals surface area contributed by atoms with Crippen molar-refractivity contribution in [2.45, 2.75) is 76.5 Å². The highest BCUT2D eigenvalue weighted by Crippen LogP contribution is 2.21. The minimum atomic E-state index is -1.10. The van der Waals surface area contributed by atoms with E-state index in [4.69, 9.17) is 11.5 Å². The first kappa shape index (κ1) is 27.8. The van der Waals surface area contributed by atoms with Crippen LogP contribution in [0.4, 0.5) is 0 Å². The second kappa shape index (κ2) is 12.8. The summed E-state index contributed by atoms with van der Waals surface area (Å²) in [4.78, 5) is 69.9. The molecule has 1 fully saturated rings. The molecule has 1 aromatic rings. The van der Waals surface area contributed by atoms with E-state index in [2.05, 4.69) is 20.6 Å². The summed E-state index contributed by atoms with van der Waals surface area (Å²) in [6.45, 7) is 3.94. The number of nitrogens with two attached hydrogens (primary N) is 2. The van der Waals surface area contributed by atoms with Crippen LogP contribution in [-0.4, -0.2) is 80.3 Å². The quantitative estimate of drug-likeness (QED) is 0.192. The van der Waals surface area contributed by atoms with Crippen LogP contribution in [-0.2, 0) is 30.4 Å². The molecular weight excluding hydrogens is 458 g/mol. The molecule has 194 valence electrons. The smallest absolute Gasteiger partial charge is 0.326 e. The molecule has 8 N–H and O–H groups in total. The zero-order chi connectivity index (χ0) is 26.1. The van der Waals surface area contributed by atoms with Gasteiger partial charge in [0.05, 0.1) is 12.4 Å². The lowest BCUT2D eigenvalue weighted by Crippen LogP contribution is -2.59. The molecule has 1 saturated heterocycles. The highest BCUT2D eigenvalue weighted by molar-refractivity contribution is 5.94. The van der Waals surface area contributed by atoms with Crippen molar-refractivity contribution in [3.05, 3.63) is 18.2 Å². The van der Waals surface area contributed by atoms with Gasteiger partial charge in [-0.15, -0.1) is 0 Å². The van der Waals surface area contributed by atoms with Crippen LogP contribution >= 0.6 is 0 Å². The number of imidazole rings is 1. The zero-order valence-electron chi connectivity index (χ0n) is 20.0. The SMILES string of the molecule is CCC(C)C(NC(=O)C(Cc1cnc[nH]1)NC(=O)C(N)CCC(N)=O)C(=O)N1CCCC1C(=O)O. The van der Waals surface area contributed by atoms with Crippen molar-refractivity contribution in [3.63, 3.8) is 0 Å². The number of carboxylic acids is 1. The van der Waals surface area contributed by atoms with Crippen molar-refractivity contribution in [1.29, 1.82) is 0 Å². The van der Waals surface area contributed by atoms with E-state index in [1.54, 1.807) is 6.92 Å². The van der Waals surface area contributed by atoms with E-state index >= 15 is 0 Å². The Morgan fingerprint density at radius 3 is 2.54 bits per heavy atom. The van der Waals surface area contributed by atoms with Gasteiger partial charge in [0, 0.05) is 31.3 Å². The number of carbonyl (C=O) groups excluding carboxylic acids is 4. The molecule has 35 heavy (non-hydrogen) atoms. The zero-order valence-corrected chi connectivity index (χ0v) is 20.0. The minimum absolute atomic E-state index is 0.0130. The molecule has 0 saturated carbocycles. The van der Waals surface area contributed by atoms with Gasteiger partial charge in [-0.2, -0.15) is 0 Å². The maximum absolute atomic E-state index is 13.3. The molecule has 13 heteroatoms. The van der Waals surface area contributed by atoms with Crippen LogP contribution in [0.15, 0.2) is 12.5 Å². The molecule has 0 spiro atoms. The van der Waals surface area contributed by atoms with Gasteiger partial charge in [-0.05, 0) is 25.2 Å². The fourth-order valence-corrected chi connectivity index (χ4v) is 3.94. The van der Waals surface area contributed by atoms with Crippen LogP contribution in [0.1, 0.15) is 51.6 Å². The summed E-state index contributed by atoms with van der Waals surface area (Å²) in [7, 11) is 0. The average molecular weight is 494 g/mol. The minimum Gasteiger partial charge on any atom is -0.480 e. The van der Waals surface area contributed by atoms with Crippen molar-refractivity contribution < 1.29 is 29.1 Å². The first-order valence-electron chi connectivity index (χ1n) is 11.7. The monoisotopic (exact) mass is 493 g/mol. The van der Waals surface area contributed by atoms with Crippen LogP contribution in [0.5, 0.6) is 0 Å². The third-order valence-electron chi connectivity index (χ3n) is 6.25. The first-order chi connectivity index (χ1) is 16.5. The number of primary amides is 1. The Morgan fingerprint density at radius 1 is 1.26 bits per heavy atom. The molecule has 0 aliphatic carbocycles. The van der Waals surface area contributed by atoms with Gasteiger partial charge in [0.15, 0.2) is 0 Å². The van der Waals surface area contributed by atoms with Crippen molar-refractivity contribution >= 4 is 29.6 Å². The number of rotatable bonds is 13. The number of likely N-dealkylation sites (tertiary alicyclic amines) is 1. The predicted octanol–water partition coefficient (Wildman–Crippen LogP) is -1.36. The number of nitrogens with zero attached hydrogens (tertiary/aromatic N) is 2. The van der Waals surface area contributed by atoms with Gasteiger partial charge in [-0.25, -0.2) is 9.78 Å². The van der Waals surface area contributed by atoms with Gasteiger partial charge in [-0.3, -0.25) is 19.2 Å². The second-order valence-corrected chi connectivity index (χ2v) is 8.85. The number of amides is 4. The van der Waals surface area contributed by atoms with E-state index in [-0.39, 0.29) is 25.2 Å². The van der Waals surface area contributed by atoms with E-state index in [1.807, 2.05) is 6.92 Å². The normalized spacial score (nSPS) is 18.8. The lowest BCUT2D eigenvalue weighted by molar-refractivity contribution is -0.150. The Kier molecular flexibility index (Phi) is 10.2. The van der Waals surface area contributed by atoms with E-state index in [1.165, 1.54) is 17.4 Å². The predicted molar refractivity (Wildman–Crippen MR) is 124 cm³/mol. The number of hydrogen-bond donors (Lipinski definition) is 6. The van der Waals surface area contributed by atoms with Crippen molar-refractivity contribution in [3.8, 4) is 0 Å². The molecule has 0 radical (unpaired) electrons. The van der Waals surface area contributed by atoms with Gasteiger partial charge in [0.2, 0.25) is 23.6 Å². The van der Waals surface area contributed by atoms with Crippen LogP contribution in [0.3, 0.4) is 0 Å². The van der Waals surface area contributed by atoms with Gasteiger partial charge < -0.3 is 37.1 Å². The van der Waals surface area contributed by atoms with E-state index in [9.17, 15) is 29.1 Å². The fraction of sp³-hybridized carbons (Fsp3) is 0.636. The molecular formula is C22H35N7O6. The average Bonchev–Trinajstić information content (AvgIpc) is 3.51. The molecule has 13 nitrogen and oxygen atoms in total. The van der Waals surface area contributed by atoms with E-state index in [0.717, 1.165) is 0 Å². The summed E-state index contributed by atoms with van der Waals surface area (Å²) in [5.41, 5.74) is 11.5. The number of carbonyl (C=O) groups is 5. The lowest BCUT2D eigenvalue weighted by Gasteiger charge is -2.31. The topological polar surface area (TPSA) is 214 Å². The molecule has 1 aliphatic heterocycles. The molecule has 2 heterocycles. The standard InChI is InChI=1S/C22H35N7O6/c1-3-12(2)18(21(33)29-8-4-5-16(29)22(34)35)28-20(32)15(9-13-10-25-11-26-13)27-19(31)14(23)6-7-17(24)30/h10-12,14-16,18H,3-9,23H2,1-2H3,(H2,24,30)(H,25,26)(H,27,31)(H,28,32)(H,34,35). The Labute approximate surface area is 203 Å². The largest absolute Gasteiger partial charge is 0.480 e. The van der Waals surface area contributed by atoms with Crippen molar-refractivity contribution in [2.24, 2.45) is 17.4 Å². The Bertz CT molecular complexity index is 906. The Balaban J connectivity index is 2.20. The van der Waals surface area contributed by atoms with Crippen LogP contribution < -0.4 is 22.1 Å². The fourth-order valence-electron chi connectivity index (χ4n) is 3.94. The third kappa shape index (κ3) is 7.77. The van der Waals surface area contributed by atoms with E-state index < -0.39 is 53.8 Å². The summed E-state index contributed by atoms with van der Waals surface area (Å²) < 4.78 is 0. The number of carboxylic acid groups (broad SMARTS) is 1. The summed E-state index contributed by atoms with van der Waals surface area (Å²) in [6, 6.07) is -4.07. The van der Waals surface area contributed by atoms with Crippen molar-refractivity contribution in [1.82, 2.24) is 25.5 Å². The highest BCUT2D eigenvalue weighted by Gasteiger charge is 2.40. The second-order valence-electron chi connectivity index (χ2n) is 8.85. The van der Waals surface area contributed by atoms with Crippen molar-refractivity contribution in [2.75, 3.05) is 6.54 Å². The summed E-state index contributed by atoms with van der Waals surface area (Å²) in [6.07, 6.45) is 4.36. The van der Waals surface area contributed by atoms with Gasteiger partial charge in [0.25, 0.3) is 0 Å². The van der Waals surface area contributed by atoms with Gasteiger partial charge in [-0.1, -0.05) is 20.3 Å². The van der Waals surface area contributed by atoms with Crippen LogP contribution in [0, 0.1) is 5.92 Å². The van der Waals surface area contributed by atoms with E-state index in [0.29, 0.717) is 31.5 Å². The number of aliphatic carboxylic acids is 1. The maximum atomic E-state index is 13.3. The number of nitrogens with one attached hydrogen (secondary N) is 3. The maximum Gasteiger partial charge on any atom is 0.326 e. The molecule has 2 rings (SSSR count). The first-order valence-corrected chi connectivity index (χ1v) is 11.7. The highest BCUT2D eigenvalue weighted by atomic mass is 16.4. The van der Waals surface area contributed by atoms with Crippen LogP contribution in [0.25, 0.3) is 0 Å². The number of aromatic amines is 1. The van der Waals surface area contributed by atoms with Crippen LogP contribution in [0.2, 0.25) is 0 Å². The Hall–Kier alpha value is -3.48. The Morgan fingerprint density at radius 2 is 1.97 bits per heavy atom. The lowest BCUT2D eigenvalue weighted by atomic mass is 9.96. The molecule has 5 atom stereocenters. The molecule has 1 aliphatic rings. The summed E-state index contributed by atoms with van der Waals surface area (Å²) in [5.74, 6) is -3.72. The molecule has 4 amide bonds. The molecule has 5 unspecified atom stereocenters. The molecule has 0 aromatic carbocycles. The molecule has 1 aromatic heterocycles. The number of H-pyrrole nitrogens is 1.